The van der Waals surface area contributed by atoms with E-state index in [-0.39, 0.29) is 17.4 Å². The van der Waals surface area contributed by atoms with E-state index in [1.54, 1.807) is 0 Å². The third kappa shape index (κ3) is 2.65. The molecule has 0 aromatic heterocycles. The average molecular weight is 361 g/mol. The normalized spacial score (nSPS) is 52.1. The highest BCUT2D eigenvalue weighted by Gasteiger charge is 2.62. The van der Waals surface area contributed by atoms with Gasteiger partial charge in [0, 0.05) is 12.3 Å². The second-order valence-electron chi connectivity index (χ2n) is 11.0. The standard InChI is InChI=1S/C24H40O2/c1-5-6-15(2)18-7-8-19-17-14-22(26)21-13-16(25)9-11-24(21,4)20(17)10-12-23(18,19)3/h15-21,25H,5-14H2,1-4H3/t15?,16-,17+,18-,19+,20+,21-,23-,24-/m1/s1. The van der Waals surface area contributed by atoms with Gasteiger partial charge in [-0.3, -0.25) is 4.79 Å². The first-order chi connectivity index (χ1) is 12.3. The molecule has 0 amide bonds. The fourth-order valence-corrected chi connectivity index (χ4v) is 8.65. The van der Waals surface area contributed by atoms with Gasteiger partial charge < -0.3 is 5.11 Å². The van der Waals surface area contributed by atoms with Gasteiger partial charge in [-0.1, -0.05) is 40.5 Å². The van der Waals surface area contributed by atoms with Gasteiger partial charge in [0.15, 0.2) is 0 Å². The number of fused-ring (bicyclic) bond motifs is 5. The van der Waals surface area contributed by atoms with Crippen LogP contribution in [0.2, 0.25) is 0 Å². The summed E-state index contributed by atoms with van der Waals surface area (Å²) < 4.78 is 0. The quantitative estimate of drug-likeness (QED) is 0.709. The zero-order chi connectivity index (χ0) is 18.7. The van der Waals surface area contributed by atoms with Crippen molar-refractivity contribution in [1.82, 2.24) is 0 Å². The highest BCUT2D eigenvalue weighted by Crippen LogP contribution is 2.67. The summed E-state index contributed by atoms with van der Waals surface area (Å²) >= 11 is 0. The van der Waals surface area contributed by atoms with Crippen LogP contribution in [-0.4, -0.2) is 17.0 Å². The molecule has 148 valence electrons. The largest absolute Gasteiger partial charge is 0.393 e. The topological polar surface area (TPSA) is 37.3 Å². The summed E-state index contributed by atoms with van der Waals surface area (Å²) in [6.45, 7) is 9.80. The number of hydrogen-bond donors (Lipinski definition) is 1. The van der Waals surface area contributed by atoms with Crippen LogP contribution in [-0.2, 0) is 4.79 Å². The van der Waals surface area contributed by atoms with Crippen LogP contribution < -0.4 is 0 Å². The molecule has 0 saturated heterocycles. The molecule has 0 aromatic carbocycles. The molecule has 9 atom stereocenters. The van der Waals surface area contributed by atoms with Gasteiger partial charge in [0.05, 0.1) is 6.10 Å². The molecule has 0 heterocycles. The average Bonchev–Trinajstić information content (AvgIpc) is 2.94. The molecule has 0 aromatic rings. The second-order valence-corrected chi connectivity index (χ2v) is 11.0. The van der Waals surface area contributed by atoms with E-state index in [0.717, 1.165) is 49.4 Å². The van der Waals surface area contributed by atoms with Crippen molar-refractivity contribution in [3.63, 3.8) is 0 Å². The van der Waals surface area contributed by atoms with E-state index in [2.05, 4.69) is 27.7 Å². The van der Waals surface area contributed by atoms with Crippen LogP contribution in [0.15, 0.2) is 0 Å². The molecular formula is C24H40O2. The zero-order valence-corrected chi connectivity index (χ0v) is 17.5. The van der Waals surface area contributed by atoms with E-state index in [4.69, 9.17) is 0 Å². The van der Waals surface area contributed by atoms with Crippen LogP contribution in [0.25, 0.3) is 0 Å². The van der Waals surface area contributed by atoms with Gasteiger partial charge in [0.25, 0.3) is 0 Å². The van der Waals surface area contributed by atoms with Crippen molar-refractivity contribution in [3.05, 3.63) is 0 Å². The van der Waals surface area contributed by atoms with Crippen LogP contribution in [0.3, 0.4) is 0 Å². The van der Waals surface area contributed by atoms with Crippen molar-refractivity contribution < 1.29 is 9.90 Å². The Kier molecular flexibility index (Phi) is 4.82. The van der Waals surface area contributed by atoms with Gasteiger partial charge in [-0.2, -0.15) is 0 Å². The monoisotopic (exact) mass is 360 g/mol. The van der Waals surface area contributed by atoms with E-state index < -0.39 is 0 Å². The van der Waals surface area contributed by atoms with Crippen molar-refractivity contribution in [2.75, 3.05) is 0 Å². The SMILES string of the molecule is CCCC(C)[C@H]1CC[C@H]2[C@@H]3CC(=O)[C@H]4C[C@H](O)CC[C@]4(C)[C@H]3CC[C@]12C. The van der Waals surface area contributed by atoms with Gasteiger partial charge >= 0.3 is 0 Å². The molecule has 4 rings (SSSR count). The third-order valence-corrected chi connectivity index (χ3v) is 9.93. The van der Waals surface area contributed by atoms with E-state index in [1.807, 2.05) is 0 Å². The lowest BCUT2D eigenvalue weighted by Crippen LogP contribution is -2.57. The molecule has 4 saturated carbocycles. The first-order valence-corrected chi connectivity index (χ1v) is 11.5. The molecular weight excluding hydrogens is 320 g/mol. The van der Waals surface area contributed by atoms with Crippen molar-refractivity contribution in [1.29, 1.82) is 0 Å². The molecule has 0 bridgehead atoms. The number of aliphatic hydroxyl groups excluding tert-OH is 1. The second kappa shape index (κ2) is 6.61. The minimum absolute atomic E-state index is 0.132. The molecule has 4 aliphatic rings. The Labute approximate surface area is 160 Å². The molecule has 2 nitrogen and oxygen atoms in total. The van der Waals surface area contributed by atoms with E-state index in [0.29, 0.717) is 17.1 Å². The Morgan fingerprint density at radius 3 is 2.50 bits per heavy atom. The van der Waals surface area contributed by atoms with Crippen molar-refractivity contribution in [2.45, 2.75) is 98.0 Å². The summed E-state index contributed by atoms with van der Waals surface area (Å²) in [6, 6.07) is 0. The molecule has 26 heavy (non-hydrogen) atoms. The number of rotatable bonds is 3. The van der Waals surface area contributed by atoms with Crippen LogP contribution in [0.4, 0.5) is 0 Å². The number of carbonyl (C=O) groups excluding carboxylic acids is 1. The summed E-state index contributed by atoms with van der Waals surface area (Å²) in [5, 5.41) is 10.2. The first kappa shape index (κ1) is 19.0. The summed E-state index contributed by atoms with van der Waals surface area (Å²) in [4.78, 5) is 13.1. The number of carbonyl (C=O) groups is 1. The predicted octanol–water partition coefficient (Wildman–Crippen LogP) is 5.62. The summed E-state index contributed by atoms with van der Waals surface area (Å²) in [7, 11) is 0. The zero-order valence-electron chi connectivity index (χ0n) is 17.5. The number of Topliss-reactive ketones (excluding diaryl/α,β-unsaturated/α-hetero) is 1. The Morgan fingerprint density at radius 1 is 1.08 bits per heavy atom. The molecule has 4 fully saturated rings. The third-order valence-electron chi connectivity index (χ3n) is 9.93. The Morgan fingerprint density at radius 2 is 1.77 bits per heavy atom. The lowest BCUT2D eigenvalue weighted by Gasteiger charge is -2.60. The van der Waals surface area contributed by atoms with Gasteiger partial charge in [-0.25, -0.2) is 0 Å². The molecule has 1 unspecified atom stereocenters. The fraction of sp³-hybridized carbons (Fsp3) is 0.958. The Bertz CT molecular complexity index is 556. The van der Waals surface area contributed by atoms with Crippen LogP contribution in [0.5, 0.6) is 0 Å². The van der Waals surface area contributed by atoms with E-state index in [1.165, 1.54) is 38.5 Å². The van der Waals surface area contributed by atoms with E-state index >= 15 is 0 Å². The van der Waals surface area contributed by atoms with Crippen molar-refractivity contribution >= 4 is 5.78 Å². The Hall–Kier alpha value is -0.370. The number of hydrogen-bond acceptors (Lipinski definition) is 2. The van der Waals surface area contributed by atoms with Crippen LogP contribution in [0.1, 0.15) is 91.9 Å². The fourth-order valence-electron chi connectivity index (χ4n) is 8.65. The minimum Gasteiger partial charge on any atom is -0.393 e. The van der Waals surface area contributed by atoms with Crippen LogP contribution in [0, 0.1) is 46.3 Å². The first-order valence-electron chi connectivity index (χ1n) is 11.5. The maximum atomic E-state index is 13.1. The van der Waals surface area contributed by atoms with Crippen molar-refractivity contribution in [3.8, 4) is 0 Å². The maximum absolute atomic E-state index is 13.1. The van der Waals surface area contributed by atoms with Crippen LogP contribution >= 0.6 is 0 Å². The lowest BCUT2D eigenvalue weighted by molar-refractivity contribution is -0.160. The summed E-state index contributed by atoms with van der Waals surface area (Å²) in [6.07, 6.45) is 11.4. The summed E-state index contributed by atoms with van der Waals surface area (Å²) in [5.74, 6) is 4.42. The molecule has 4 aliphatic carbocycles. The van der Waals surface area contributed by atoms with Crippen molar-refractivity contribution in [2.24, 2.45) is 46.3 Å². The van der Waals surface area contributed by atoms with Gasteiger partial charge in [0.1, 0.15) is 5.78 Å². The lowest BCUT2D eigenvalue weighted by atomic mass is 9.44. The van der Waals surface area contributed by atoms with Gasteiger partial charge in [0.2, 0.25) is 0 Å². The minimum atomic E-state index is -0.242. The molecule has 0 aliphatic heterocycles. The maximum Gasteiger partial charge on any atom is 0.136 e. The predicted molar refractivity (Wildman–Crippen MR) is 106 cm³/mol. The van der Waals surface area contributed by atoms with E-state index in [9.17, 15) is 9.90 Å². The van der Waals surface area contributed by atoms with Gasteiger partial charge in [-0.05, 0) is 85.4 Å². The number of aliphatic hydroxyl groups is 1. The molecule has 1 N–H and O–H groups in total. The molecule has 0 radical (unpaired) electrons. The van der Waals surface area contributed by atoms with Gasteiger partial charge in [-0.15, -0.1) is 0 Å². The molecule has 0 spiro atoms. The number of ketones is 1. The smallest absolute Gasteiger partial charge is 0.136 e. The highest BCUT2D eigenvalue weighted by molar-refractivity contribution is 5.83. The summed E-state index contributed by atoms with van der Waals surface area (Å²) in [5.41, 5.74) is 0.626. The molecule has 2 heteroatoms. The highest BCUT2D eigenvalue weighted by atomic mass is 16.3. The Balaban J connectivity index is 1.61.